The van der Waals surface area contributed by atoms with Crippen LogP contribution in [-0.2, 0) is 13.1 Å². The Kier molecular flexibility index (Phi) is 5.40. The number of nitrogens with one attached hydrogen (secondary N) is 1. The fourth-order valence-electron chi connectivity index (χ4n) is 2.39. The predicted octanol–water partition coefficient (Wildman–Crippen LogP) is 4.13. The van der Waals surface area contributed by atoms with Crippen LogP contribution in [0.3, 0.4) is 0 Å². The first-order valence-electron chi connectivity index (χ1n) is 7.63. The maximum absolute atomic E-state index is 3.47. The molecule has 0 saturated heterocycles. The Hall–Kier alpha value is -1.80. The highest BCUT2D eigenvalue weighted by Crippen LogP contribution is 2.17. The van der Waals surface area contributed by atoms with E-state index >= 15 is 0 Å². The Morgan fingerprint density at radius 2 is 1.71 bits per heavy atom. The molecular weight excluding hydrogens is 256 g/mol. The summed E-state index contributed by atoms with van der Waals surface area (Å²) in [5.74, 6) is 0. The summed E-state index contributed by atoms with van der Waals surface area (Å²) in [7, 11) is 2.15. The van der Waals surface area contributed by atoms with Crippen LogP contribution in [-0.4, -0.2) is 13.1 Å². The lowest BCUT2D eigenvalue weighted by atomic mass is 10.1. The van der Waals surface area contributed by atoms with E-state index in [0.29, 0.717) is 6.04 Å². The van der Waals surface area contributed by atoms with Gasteiger partial charge < -0.3 is 10.2 Å². The normalized spacial score (nSPS) is 10.9. The van der Waals surface area contributed by atoms with E-state index in [0.717, 1.165) is 13.1 Å². The van der Waals surface area contributed by atoms with Gasteiger partial charge in [-0.05, 0) is 35.7 Å². The van der Waals surface area contributed by atoms with Gasteiger partial charge in [-0.3, -0.25) is 0 Å². The van der Waals surface area contributed by atoms with Gasteiger partial charge in [0.1, 0.15) is 0 Å². The molecule has 2 heteroatoms. The number of hydrogen-bond donors (Lipinski definition) is 1. The SMILES string of the molecule is Cc1cccc(N(C)Cc2cccc(CNC(C)C)c2)c1. The quantitative estimate of drug-likeness (QED) is 0.857. The second-order valence-corrected chi connectivity index (χ2v) is 6.05. The van der Waals surface area contributed by atoms with Crippen LogP contribution < -0.4 is 10.2 Å². The van der Waals surface area contributed by atoms with Crippen molar-refractivity contribution in [3.63, 3.8) is 0 Å². The summed E-state index contributed by atoms with van der Waals surface area (Å²) in [6.07, 6.45) is 0. The van der Waals surface area contributed by atoms with Gasteiger partial charge in [-0.2, -0.15) is 0 Å². The molecule has 21 heavy (non-hydrogen) atoms. The molecule has 2 rings (SSSR count). The third kappa shape index (κ3) is 4.91. The molecule has 2 aromatic rings. The minimum absolute atomic E-state index is 0.517. The molecule has 0 unspecified atom stereocenters. The zero-order chi connectivity index (χ0) is 15.2. The molecule has 112 valence electrons. The molecule has 0 aliphatic carbocycles. The molecule has 0 aliphatic heterocycles. The van der Waals surface area contributed by atoms with Gasteiger partial charge in [0.15, 0.2) is 0 Å². The molecular formula is C19H26N2. The molecule has 1 N–H and O–H groups in total. The largest absolute Gasteiger partial charge is 0.370 e. The lowest BCUT2D eigenvalue weighted by Gasteiger charge is -2.20. The maximum Gasteiger partial charge on any atom is 0.0426 e. The van der Waals surface area contributed by atoms with Crippen molar-refractivity contribution >= 4 is 5.69 Å². The molecule has 0 radical (unpaired) electrons. The van der Waals surface area contributed by atoms with Crippen LogP contribution in [0.4, 0.5) is 5.69 Å². The Labute approximate surface area is 128 Å². The van der Waals surface area contributed by atoms with E-state index in [4.69, 9.17) is 0 Å². The van der Waals surface area contributed by atoms with Crippen LogP contribution in [0, 0.1) is 6.92 Å². The van der Waals surface area contributed by atoms with Crippen molar-refractivity contribution in [3.05, 3.63) is 65.2 Å². The van der Waals surface area contributed by atoms with Crippen molar-refractivity contribution in [2.75, 3.05) is 11.9 Å². The van der Waals surface area contributed by atoms with Crippen molar-refractivity contribution in [2.24, 2.45) is 0 Å². The smallest absolute Gasteiger partial charge is 0.0426 e. The maximum atomic E-state index is 3.47. The molecule has 0 spiro atoms. The second-order valence-electron chi connectivity index (χ2n) is 6.05. The Morgan fingerprint density at radius 3 is 2.43 bits per heavy atom. The van der Waals surface area contributed by atoms with Crippen LogP contribution in [0.1, 0.15) is 30.5 Å². The van der Waals surface area contributed by atoms with Gasteiger partial charge in [0.05, 0.1) is 0 Å². The highest BCUT2D eigenvalue weighted by molar-refractivity contribution is 5.48. The lowest BCUT2D eigenvalue weighted by molar-refractivity contribution is 0.588. The first-order chi connectivity index (χ1) is 10.0. The Balaban J connectivity index is 2.03. The van der Waals surface area contributed by atoms with E-state index in [1.54, 1.807) is 0 Å². The summed E-state index contributed by atoms with van der Waals surface area (Å²) in [5.41, 5.74) is 5.26. The molecule has 2 aromatic carbocycles. The highest BCUT2D eigenvalue weighted by atomic mass is 15.1. The second kappa shape index (κ2) is 7.28. The number of rotatable bonds is 6. The van der Waals surface area contributed by atoms with Crippen LogP contribution in [0.25, 0.3) is 0 Å². The zero-order valence-corrected chi connectivity index (χ0v) is 13.6. The van der Waals surface area contributed by atoms with Crippen LogP contribution in [0.2, 0.25) is 0 Å². The number of aryl methyl sites for hydroxylation is 1. The molecule has 0 fully saturated rings. The average molecular weight is 282 g/mol. The number of benzene rings is 2. The van der Waals surface area contributed by atoms with E-state index in [2.05, 4.69) is 86.6 Å². The van der Waals surface area contributed by atoms with E-state index in [1.165, 1.54) is 22.4 Å². The van der Waals surface area contributed by atoms with E-state index in [1.807, 2.05) is 0 Å². The van der Waals surface area contributed by atoms with Crippen LogP contribution in [0.5, 0.6) is 0 Å². The van der Waals surface area contributed by atoms with Crippen LogP contribution in [0.15, 0.2) is 48.5 Å². The minimum atomic E-state index is 0.517. The number of hydrogen-bond acceptors (Lipinski definition) is 2. The number of anilines is 1. The third-order valence-electron chi connectivity index (χ3n) is 3.57. The van der Waals surface area contributed by atoms with Crippen molar-refractivity contribution in [1.82, 2.24) is 5.32 Å². The monoisotopic (exact) mass is 282 g/mol. The van der Waals surface area contributed by atoms with Crippen molar-refractivity contribution in [3.8, 4) is 0 Å². The molecule has 0 aliphatic rings. The summed E-state index contributed by atoms with van der Waals surface area (Å²) < 4.78 is 0. The van der Waals surface area contributed by atoms with Crippen molar-refractivity contribution < 1.29 is 0 Å². The van der Waals surface area contributed by atoms with Gasteiger partial charge >= 0.3 is 0 Å². The zero-order valence-electron chi connectivity index (χ0n) is 13.6. The molecule has 0 bridgehead atoms. The fourth-order valence-corrected chi connectivity index (χ4v) is 2.39. The van der Waals surface area contributed by atoms with Gasteiger partial charge in [0.25, 0.3) is 0 Å². The number of nitrogens with zero attached hydrogens (tertiary/aromatic N) is 1. The minimum Gasteiger partial charge on any atom is -0.370 e. The third-order valence-corrected chi connectivity index (χ3v) is 3.57. The Bertz CT molecular complexity index is 575. The highest BCUT2D eigenvalue weighted by Gasteiger charge is 2.03. The lowest BCUT2D eigenvalue weighted by Crippen LogP contribution is -2.22. The van der Waals surface area contributed by atoms with Gasteiger partial charge in [-0.15, -0.1) is 0 Å². The first kappa shape index (κ1) is 15.6. The summed E-state index contributed by atoms with van der Waals surface area (Å²) in [6, 6.07) is 18.0. The van der Waals surface area contributed by atoms with Crippen molar-refractivity contribution in [1.29, 1.82) is 0 Å². The average Bonchev–Trinajstić information content (AvgIpc) is 2.45. The van der Waals surface area contributed by atoms with Gasteiger partial charge in [-0.1, -0.05) is 50.2 Å². The fraction of sp³-hybridized carbons (Fsp3) is 0.368. The molecule has 2 nitrogen and oxygen atoms in total. The Morgan fingerprint density at radius 1 is 1.00 bits per heavy atom. The van der Waals surface area contributed by atoms with E-state index < -0.39 is 0 Å². The van der Waals surface area contributed by atoms with E-state index in [-0.39, 0.29) is 0 Å². The van der Waals surface area contributed by atoms with Gasteiger partial charge in [0, 0.05) is 31.9 Å². The molecule has 0 amide bonds. The first-order valence-corrected chi connectivity index (χ1v) is 7.63. The summed E-state index contributed by atoms with van der Waals surface area (Å²) >= 11 is 0. The standard InChI is InChI=1S/C19H26N2/c1-15(2)20-13-17-8-6-9-18(12-17)14-21(4)19-10-5-7-16(3)11-19/h5-12,15,20H,13-14H2,1-4H3. The van der Waals surface area contributed by atoms with Gasteiger partial charge in [-0.25, -0.2) is 0 Å². The molecule has 0 heterocycles. The van der Waals surface area contributed by atoms with Crippen LogP contribution >= 0.6 is 0 Å². The molecule has 0 atom stereocenters. The molecule has 0 aromatic heterocycles. The topological polar surface area (TPSA) is 15.3 Å². The molecule has 0 saturated carbocycles. The predicted molar refractivity (Wildman–Crippen MR) is 91.7 cm³/mol. The summed E-state index contributed by atoms with van der Waals surface area (Å²) in [4.78, 5) is 2.29. The summed E-state index contributed by atoms with van der Waals surface area (Å²) in [5, 5.41) is 3.47. The van der Waals surface area contributed by atoms with Crippen molar-refractivity contribution in [2.45, 2.75) is 39.9 Å². The van der Waals surface area contributed by atoms with Gasteiger partial charge in [0.2, 0.25) is 0 Å². The summed E-state index contributed by atoms with van der Waals surface area (Å²) in [6.45, 7) is 8.35. The van der Waals surface area contributed by atoms with E-state index in [9.17, 15) is 0 Å².